The summed E-state index contributed by atoms with van der Waals surface area (Å²) >= 11 is 0. The van der Waals surface area contributed by atoms with Crippen molar-refractivity contribution in [3.63, 3.8) is 0 Å². The first-order valence-corrected chi connectivity index (χ1v) is 10.8. The Bertz CT molecular complexity index is 980. The molecule has 0 bridgehead atoms. The van der Waals surface area contributed by atoms with Gasteiger partial charge in [0.1, 0.15) is 5.78 Å². The van der Waals surface area contributed by atoms with E-state index in [2.05, 4.69) is 25.1 Å². The van der Waals surface area contributed by atoms with Crippen molar-refractivity contribution in [1.82, 2.24) is 0 Å². The van der Waals surface area contributed by atoms with Crippen LogP contribution in [0.4, 0.5) is 5.69 Å². The van der Waals surface area contributed by atoms with Crippen molar-refractivity contribution in [3.8, 4) is 0 Å². The largest absolute Gasteiger partial charge is 0.299 e. The molecule has 5 rings (SSSR count). The van der Waals surface area contributed by atoms with E-state index in [1.165, 1.54) is 23.1 Å². The summed E-state index contributed by atoms with van der Waals surface area (Å²) in [6.07, 6.45) is 7.15. The first kappa shape index (κ1) is 18.5. The number of carbonyl (C=O) groups is 1. The van der Waals surface area contributed by atoms with Gasteiger partial charge in [0.15, 0.2) is 0 Å². The Labute approximate surface area is 171 Å². The van der Waals surface area contributed by atoms with Crippen molar-refractivity contribution < 1.29 is 9.72 Å². The first-order valence-electron chi connectivity index (χ1n) is 10.8. The number of rotatable bonds is 3. The van der Waals surface area contributed by atoms with E-state index in [0.29, 0.717) is 23.5 Å². The van der Waals surface area contributed by atoms with Crippen LogP contribution in [-0.2, 0) is 17.6 Å². The lowest BCUT2D eigenvalue weighted by Gasteiger charge is -2.48. The number of nitro groups is 1. The van der Waals surface area contributed by atoms with E-state index in [1.807, 2.05) is 12.1 Å². The van der Waals surface area contributed by atoms with Crippen molar-refractivity contribution in [3.05, 3.63) is 74.8 Å². The highest BCUT2D eigenvalue weighted by molar-refractivity contribution is 5.87. The zero-order chi connectivity index (χ0) is 20.2. The average Bonchev–Trinajstić information content (AvgIpc) is 3.03. The van der Waals surface area contributed by atoms with Crippen LogP contribution in [0.15, 0.2) is 42.5 Å². The molecule has 0 unspecified atom stereocenters. The number of hydrogen-bond acceptors (Lipinski definition) is 3. The number of nitro benzene ring substituents is 1. The van der Waals surface area contributed by atoms with Crippen molar-refractivity contribution >= 4 is 11.5 Å². The van der Waals surface area contributed by atoms with Gasteiger partial charge >= 0.3 is 0 Å². The number of ketones is 1. The monoisotopic (exact) mass is 389 g/mol. The summed E-state index contributed by atoms with van der Waals surface area (Å²) < 4.78 is 0. The number of Topliss-reactive ketones (excluding diaryl/α,β-unsaturated/α-hetero) is 1. The van der Waals surface area contributed by atoms with Crippen LogP contribution >= 0.6 is 0 Å². The zero-order valence-corrected chi connectivity index (χ0v) is 16.9. The lowest BCUT2D eigenvalue weighted by molar-refractivity contribution is -0.384. The Morgan fingerprint density at radius 1 is 1.03 bits per heavy atom. The smallest absolute Gasteiger partial charge is 0.269 e. The summed E-state index contributed by atoms with van der Waals surface area (Å²) in [5.74, 6) is 2.34. The van der Waals surface area contributed by atoms with Gasteiger partial charge in [-0.15, -0.1) is 0 Å². The first-order chi connectivity index (χ1) is 14.0. The molecular formula is C25H27NO3. The second-order valence-electron chi connectivity index (χ2n) is 9.47. The molecule has 3 aliphatic carbocycles. The maximum absolute atomic E-state index is 12.5. The zero-order valence-electron chi connectivity index (χ0n) is 16.9. The molecule has 3 aliphatic rings. The van der Waals surface area contributed by atoms with Crippen LogP contribution in [0.2, 0.25) is 0 Å². The molecular weight excluding hydrogens is 362 g/mol. The molecule has 0 radical (unpaired) electrons. The fourth-order valence-electron chi connectivity index (χ4n) is 6.49. The molecule has 4 nitrogen and oxygen atoms in total. The molecule has 0 N–H and O–H groups in total. The number of nitrogens with zero attached hydrogens (tertiary/aromatic N) is 1. The molecule has 0 saturated heterocycles. The second-order valence-corrected chi connectivity index (χ2v) is 9.47. The van der Waals surface area contributed by atoms with Crippen LogP contribution < -0.4 is 0 Å². The van der Waals surface area contributed by atoms with Gasteiger partial charge in [0, 0.05) is 24.0 Å². The summed E-state index contributed by atoms with van der Waals surface area (Å²) in [6.45, 7) is 2.23. The maximum Gasteiger partial charge on any atom is 0.269 e. The Balaban J connectivity index is 1.37. The molecule has 2 aromatic carbocycles. The number of carbonyl (C=O) groups excluding carboxylic acids is 1. The minimum Gasteiger partial charge on any atom is -0.299 e. The minimum absolute atomic E-state index is 0.0610. The van der Waals surface area contributed by atoms with Crippen LogP contribution in [0.25, 0.3) is 0 Å². The molecule has 2 fully saturated rings. The summed E-state index contributed by atoms with van der Waals surface area (Å²) in [4.78, 5) is 23.0. The molecule has 0 spiro atoms. The topological polar surface area (TPSA) is 60.2 Å². The van der Waals surface area contributed by atoms with Gasteiger partial charge in [0.05, 0.1) is 4.92 Å². The van der Waals surface area contributed by atoms with Crippen LogP contribution in [0, 0.1) is 27.4 Å². The third-order valence-electron chi connectivity index (χ3n) is 8.06. The normalized spacial score (nSPS) is 30.4. The van der Waals surface area contributed by atoms with E-state index in [0.717, 1.165) is 44.1 Å². The highest BCUT2D eigenvalue weighted by Gasteiger charge is 2.54. The number of aryl methyl sites for hydroxylation is 1. The van der Waals surface area contributed by atoms with Crippen molar-refractivity contribution in [2.75, 3.05) is 0 Å². The Morgan fingerprint density at radius 2 is 1.79 bits per heavy atom. The van der Waals surface area contributed by atoms with Gasteiger partial charge in [-0.25, -0.2) is 0 Å². The fraction of sp³-hybridized carbons (Fsp3) is 0.480. The van der Waals surface area contributed by atoms with E-state index in [9.17, 15) is 14.9 Å². The van der Waals surface area contributed by atoms with Crippen LogP contribution in [0.5, 0.6) is 0 Å². The summed E-state index contributed by atoms with van der Waals surface area (Å²) in [6, 6.07) is 13.8. The van der Waals surface area contributed by atoms with E-state index < -0.39 is 0 Å². The van der Waals surface area contributed by atoms with E-state index in [4.69, 9.17) is 0 Å². The van der Waals surface area contributed by atoms with E-state index in [-0.39, 0.29) is 16.0 Å². The Hall–Kier alpha value is -2.49. The third kappa shape index (κ3) is 3.00. The molecule has 150 valence electrons. The van der Waals surface area contributed by atoms with E-state index in [1.54, 1.807) is 12.1 Å². The molecule has 0 aliphatic heterocycles. The lowest BCUT2D eigenvalue weighted by atomic mass is 9.55. The highest BCUT2D eigenvalue weighted by Crippen LogP contribution is 2.59. The second kappa shape index (κ2) is 6.79. The van der Waals surface area contributed by atoms with Gasteiger partial charge in [-0.1, -0.05) is 37.3 Å². The molecule has 0 heterocycles. The third-order valence-corrected chi connectivity index (χ3v) is 8.06. The Morgan fingerprint density at radius 3 is 2.55 bits per heavy atom. The molecule has 2 saturated carbocycles. The van der Waals surface area contributed by atoms with Crippen LogP contribution in [0.1, 0.15) is 67.2 Å². The van der Waals surface area contributed by atoms with Gasteiger partial charge in [-0.05, 0) is 78.5 Å². The molecule has 0 amide bonds. The van der Waals surface area contributed by atoms with Crippen molar-refractivity contribution in [1.29, 1.82) is 0 Å². The number of benzene rings is 2. The van der Waals surface area contributed by atoms with Crippen LogP contribution in [-0.4, -0.2) is 10.7 Å². The standard InChI is InChI=1S/C25H27NO3/c1-25-13-12-21-20-8-4-17(14-16-2-6-19(7-3-16)26(28)29)15-18(20)5-9-22(21)23(25)10-11-24(25)27/h2-4,6-8,15,21-23H,5,9-14H2,1H3/t21-,22-,23+,25+/m1/s1. The molecule has 29 heavy (non-hydrogen) atoms. The summed E-state index contributed by atoms with van der Waals surface area (Å²) in [5, 5.41) is 10.8. The molecule has 4 heteroatoms. The average molecular weight is 389 g/mol. The van der Waals surface area contributed by atoms with Crippen molar-refractivity contribution in [2.45, 2.75) is 57.8 Å². The predicted octanol–water partition coefficient (Wildman–Crippen LogP) is 5.61. The predicted molar refractivity (Wildman–Crippen MR) is 112 cm³/mol. The fourth-order valence-corrected chi connectivity index (χ4v) is 6.49. The highest BCUT2D eigenvalue weighted by atomic mass is 16.6. The van der Waals surface area contributed by atoms with Crippen molar-refractivity contribution in [2.24, 2.45) is 17.3 Å². The number of non-ortho nitro benzene ring substituents is 1. The summed E-state index contributed by atoms with van der Waals surface area (Å²) in [5.41, 5.74) is 5.43. The maximum atomic E-state index is 12.5. The van der Waals surface area contributed by atoms with Gasteiger partial charge < -0.3 is 0 Å². The number of hydrogen-bond donors (Lipinski definition) is 0. The quantitative estimate of drug-likeness (QED) is 0.506. The van der Waals surface area contributed by atoms with Gasteiger partial charge in [-0.2, -0.15) is 0 Å². The van der Waals surface area contributed by atoms with Gasteiger partial charge in [-0.3, -0.25) is 14.9 Å². The van der Waals surface area contributed by atoms with Gasteiger partial charge in [0.2, 0.25) is 0 Å². The SMILES string of the molecule is C[C@]12CC[C@@H]3c4ccc(Cc5ccc([N+](=O)[O-])cc5)cc4CC[C@H]3[C@@H]1CCC2=O. The molecule has 4 atom stereocenters. The minimum atomic E-state index is -0.355. The number of fused-ring (bicyclic) bond motifs is 5. The van der Waals surface area contributed by atoms with E-state index >= 15 is 0 Å². The lowest BCUT2D eigenvalue weighted by Crippen LogP contribution is -2.42. The van der Waals surface area contributed by atoms with Gasteiger partial charge in [0.25, 0.3) is 5.69 Å². The molecule has 0 aromatic heterocycles. The van der Waals surface area contributed by atoms with Crippen LogP contribution in [0.3, 0.4) is 0 Å². The Kier molecular flexibility index (Phi) is 4.34. The summed E-state index contributed by atoms with van der Waals surface area (Å²) in [7, 11) is 0. The molecule has 2 aromatic rings.